The van der Waals surface area contributed by atoms with Gasteiger partial charge in [0, 0.05) is 30.4 Å². The van der Waals surface area contributed by atoms with Gasteiger partial charge in [0.25, 0.3) is 0 Å². The van der Waals surface area contributed by atoms with Gasteiger partial charge in [0.1, 0.15) is 5.82 Å². The molecule has 0 heterocycles. The first-order valence-electron chi connectivity index (χ1n) is 6.88. The van der Waals surface area contributed by atoms with Crippen LogP contribution in [-0.2, 0) is 0 Å². The number of anilines is 1. The summed E-state index contributed by atoms with van der Waals surface area (Å²) in [5.41, 5.74) is 7.52. The van der Waals surface area contributed by atoms with Gasteiger partial charge in [0.15, 0.2) is 0 Å². The number of hydrogen-bond donors (Lipinski definition) is 1. The molecule has 0 radical (unpaired) electrons. The molecular weight excluding hydrogens is 227 g/mol. The maximum atomic E-state index is 13.9. The highest BCUT2D eigenvalue weighted by Gasteiger charge is 2.22. The molecule has 1 atom stereocenters. The summed E-state index contributed by atoms with van der Waals surface area (Å²) < 4.78 is 13.9. The molecule has 2 N–H and O–H groups in total. The van der Waals surface area contributed by atoms with Gasteiger partial charge in [-0.3, -0.25) is 0 Å². The minimum atomic E-state index is -0.271. The number of halogens is 1. The predicted octanol–water partition coefficient (Wildman–Crippen LogP) is 3.61. The summed E-state index contributed by atoms with van der Waals surface area (Å²) in [4.78, 5) is 2.22. The lowest BCUT2D eigenvalue weighted by Crippen LogP contribution is -2.34. The van der Waals surface area contributed by atoms with Crippen LogP contribution in [0.15, 0.2) is 18.2 Å². The normalized spacial score (nSPS) is 18.7. The smallest absolute Gasteiger partial charge is 0.130 e. The Morgan fingerprint density at radius 2 is 1.94 bits per heavy atom. The molecular formula is C15H23FN2. The predicted molar refractivity (Wildman–Crippen MR) is 74.3 cm³/mol. The van der Waals surface area contributed by atoms with E-state index in [1.54, 1.807) is 6.07 Å². The highest BCUT2D eigenvalue weighted by molar-refractivity contribution is 5.55. The molecule has 1 aromatic carbocycles. The zero-order valence-corrected chi connectivity index (χ0v) is 11.3. The van der Waals surface area contributed by atoms with E-state index in [1.807, 2.05) is 13.0 Å². The molecule has 1 aliphatic rings. The third kappa shape index (κ3) is 2.66. The van der Waals surface area contributed by atoms with Gasteiger partial charge in [-0.1, -0.05) is 25.3 Å². The Morgan fingerprint density at radius 1 is 1.28 bits per heavy atom. The van der Waals surface area contributed by atoms with E-state index in [1.165, 1.54) is 38.2 Å². The first-order valence-corrected chi connectivity index (χ1v) is 6.88. The van der Waals surface area contributed by atoms with Crippen LogP contribution >= 0.6 is 0 Å². The summed E-state index contributed by atoms with van der Waals surface area (Å²) in [6.07, 6.45) is 6.28. The SMILES string of the molecule is C[C@H](N)c1c(F)cccc1N(C)C1CCCCC1. The summed E-state index contributed by atoms with van der Waals surface area (Å²) in [6.45, 7) is 1.84. The fraction of sp³-hybridized carbons (Fsp3) is 0.600. The van der Waals surface area contributed by atoms with Crippen LogP contribution in [0.1, 0.15) is 50.6 Å². The largest absolute Gasteiger partial charge is 0.371 e. The molecule has 0 saturated heterocycles. The Kier molecular flexibility index (Phi) is 4.23. The minimum Gasteiger partial charge on any atom is -0.371 e. The van der Waals surface area contributed by atoms with Gasteiger partial charge >= 0.3 is 0 Å². The van der Waals surface area contributed by atoms with Crippen molar-refractivity contribution in [2.45, 2.75) is 51.1 Å². The molecule has 2 nitrogen and oxygen atoms in total. The second kappa shape index (κ2) is 5.70. The topological polar surface area (TPSA) is 29.3 Å². The quantitative estimate of drug-likeness (QED) is 0.888. The number of rotatable bonds is 3. The average Bonchev–Trinajstić information content (AvgIpc) is 2.38. The van der Waals surface area contributed by atoms with E-state index in [-0.39, 0.29) is 11.9 Å². The fourth-order valence-corrected chi connectivity index (χ4v) is 2.95. The monoisotopic (exact) mass is 250 g/mol. The van der Waals surface area contributed by atoms with E-state index in [0.29, 0.717) is 11.6 Å². The van der Waals surface area contributed by atoms with Crippen LogP contribution in [0.5, 0.6) is 0 Å². The van der Waals surface area contributed by atoms with E-state index >= 15 is 0 Å². The van der Waals surface area contributed by atoms with Crippen LogP contribution in [-0.4, -0.2) is 13.1 Å². The minimum absolute atomic E-state index is 0.190. The van der Waals surface area contributed by atoms with Crippen molar-refractivity contribution < 1.29 is 4.39 Å². The number of hydrogen-bond acceptors (Lipinski definition) is 2. The Morgan fingerprint density at radius 3 is 2.56 bits per heavy atom. The summed E-state index contributed by atoms with van der Waals surface area (Å²) in [5, 5.41) is 0. The molecule has 2 rings (SSSR count). The number of nitrogens with two attached hydrogens (primary N) is 1. The third-order valence-corrected chi connectivity index (χ3v) is 3.99. The molecule has 0 bridgehead atoms. The average molecular weight is 250 g/mol. The molecule has 100 valence electrons. The van der Waals surface area contributed by atoms with E-state index in [0.717, 1.165) is 5.69 Å². The summed E-state index contributed by atoms with van der Waals surface area (Å²) in [5.74, 6) is -0.190. The molecule has 3 heteroatoms. The van der Waals surface area contributed by atoms with Crippen molar-refractivity contribution in [3.8, 4) is 0 Å². The van der Waals surface area contributed by atoms with Gasteiger partial charge in [-0.25, -0.2) is 4.39 Å². The Balaban J connectivity index is 2.28. The first-order chi connectivity index (χ1) is 8.61. The van der Waals surface area contributed by atoms with Crippen LogP contribution < -0.4 is 10.6 Å². The van der Waals surface area contributed by atoms with Gasteiger partial charge in [0.2, 0.25) is 0 Å². The third-order valence-electron chi connectivity index (χ3n) is 3.99. The lowest BCUT2D eigenvalue weighted by Gasteiger charge is -2.34. The Labute approximate surface area is 109 Å². The Bertz CT molecular complexity index is 397. The molecule has 0 aliphatic heterocycles. The highest BCUT2D eigenvalue weighted by Crippen LogP contribution is 2.32. The van der Waals surface area contributed by atoms with Crippen LogP contribution in [0.4, 0.5) is 10.1 Å². The van der Waals surface area contributed by atoms with Crippen LogP contribution in [0.3, 0.4) is 0 Å². The number of benzene rings is 1. The van der Waals surface area contributed by atoms with Crippen molar-refractivity contribution in [3.05, 3.63) is 29.6 Å². The highest BCUT2D eigenvalue weighted by atomic mass is 19.1. The maximum absolute atomic E-state index is 13.9. The second-order valence-corrected chi connectivity index (χ2v) is 5.36. The van der Waals surface area contributed by atoms with Gasteiger partial charge < -0.3 is 10.6 Å². The standard InChI is InChI=1S/C15H23FN2/c1-11(17)15-13(16)9-6-10-14(15)18(2)12-7-4-3-5-8-12/h6,9-12H,3-5,7-8,17H2,1-2H3/t11-/m0/s1. The molecule has 0 unspecified atom stereocenters. The van der Waals surface area contributed by atoms with E-state index in [2.05, 4.69) is 11.9 Å². The van der Waals surface area contributed by atoms with Crippen LogP contribution in [0, 0.1) is 5.82 Å². The van der Waals surface area contributed by atoms with E-state index in [9.17, 15) is 4.39 Å². The summed E-state index contributed by atoms with van der Waals surface area (Å²) in [6, 6.07) is 5.51. The zero-order valence-electron chi connectivity index (χ0n) is 11.3. The van der Waals surface area contributed by atoms with Crippen molar-refractivity contribution >= 4 is 5.69 Å². The lowest BCUT2D eigenvalue weighted by atomic mass is 9.93. The van der Waals surface area contributed by atoms with Crippen LogP contribution in [0.25, 0.3) is 0 Å². The van der Waals surface area contributed by atoms with Crippen LogP contribution in [0.2, 0.25) is 0 Å². The molecule has 0 spiro atoms. The van der Waals surface area contributed by atoms with Gasteiger partial charge in [-0.2, -0.15) is 0 Å². The molecule has 1 aromatic rings. The fourth-order valence-electron chi connectivity index (χ4n) is 2.95. The van der Waals surface area contributed by atoms with Crippen molar-refractivity contribution in [2.75, 3.05) is 11.9 Å². The van der Waals surface area contributed by atoms with Gasteiger partial charge in [0.05, 0.1) is 0 Å². The zero-order chi connectivity index (χ0) is 13.1. The molecule has 0 amide bonds. The van der Waals surface area contributed by atoms with Gasteiger partial charge in [-0.05, 0) is 31.9 Å². The van der Waals surface area contributed by atoms with Crippen molar-refractivity contribution in [2.24, 2.45) is 5.73 Å². The molecule has 0 aromatic heterocycles. The van der Waals surface area contributed by atoms with E-state index in [4.69, 9.17) is 5.73 Å². The lowest BCUT2D eigenvalue weighted by molar-refractivity contribution is 0.426. The van der Waals surface area contributed by atoms with Crippen molar-refractivity contribution in [1.29, 1.82) is 0 Å². The molecule has 1 fully saturated rings. The first kappa shape index (κ1) is 13.3. The number of nitrogens with zero attached hydrogens (tertiary/aromatic N) is 1. The van der Waals surface area contributed by atoms with Gasteiger partial charge in [-0.15, -0.1) is 0 Å². The molecule has 1 aliphatic carbocycles. The van der Waals surface area contributed by atoms with Crippen molar-refractivity contribution in [1.82, 2.24) is 0 Å². The van der Waals surface area contributed by atoms with Crippen molar-refractivity contribution in [3.63, 3.8) is 0 Å². The second-order valence-electron chi connectivity index (χ2n) is 5.36. The van der Waals surface area contributed by atoms with E-state index < -0.39 is 0 Å². The molecule has 18 heavy (non-hydrogen) atoms. The Hall–Kier alpha value is -1.09. The molecule has 1 saturated carbocycles. The maximum Gasteiger partial charge on any atom is 0.130 e. The summed E-state index contributed by atoms with van der Waals surface area (Å²) in [7, 11) is 2.07. The summed E-state index contributed by atoms with van der Waals surface area (Å²) >= 11 is 0.